The number of anilines is 1. The Morgan fingerprint density at radius 1 is 0.949 bits per heavy atom. The van der Waals surface area contributed by atoms with E-state index >= 15 is 0 Å². The summed E-state index contributed by atoms with van der Waals surface area (Å²) in [6.45, 7) is 0. The van der Waals surface area contributed by atoms with E-state index in [1.165, 1.54) is 24.8 Å². The second kappa shape index (κ2) is 10.1. The Bertz CT molecular complexity index is 1780. The Labute approximate surface area is 228 Å². The fourth-order valence-corrected chi connectivity index (χ4v) is 6.28. The maximum Gasteiger partial charge on any atom is 0.224 e. The Balaban J connectivity index is 1.19. The molecular weight excluding hydrogens is 506 g/mol. The molecule has 9 heteroatoms. The lowest BCUT2D eigenvalue weighted by atomic mass is 9.87. The molecule has 6 heterocycles. The van der Waals surface area contributed by atoms with E-state index in [4.69, 9.17) is 0 Å². The van der Waals surface area contributed by atoms with E-state index in [-0.39, 0.29) is 5.91 Å². The number of fused-ring (bicyclic) bond motifs is 2. The highest BCUT2D eigenvalue weighted by Gasteiger charge is 2.18. The molecule has 7 rings (SSSR count). The van der Waals surface area contributed by atoms with E-state index in [2.05, 4.69) is 64.4 Å². The van der Waals surface area contributed by atoms with Crippen LogP contribution in [-0.2, 0) is 4.79 Å². The van der Waals surface area contributed by atoms with Gasteiger partial charge in [-0.3, -0.25) is 14.9 Å². The van der Waals surface area contributed by atoms with Gasteiger partial charge < -0.3 is 10.3 Å². The lowest BCUT2D eigenvalue weighted by Gasteiger charge is -2.20. The molecule has 0 unspecified atom stereocenters. The molecule has 0 spiro atoms. The number of carbonyl (C=O) groups excluding carboxylic acids is 1. The normalized spacial score (nSPS) is 14.3. The second-order valence-electron chi connectivity index (χ2n) is 10.2. The van der Waals surface area contributed by atoms with Gasteiger partial charge in [0.05, 0.1) is 17.6 Å². The van der Waals surface area contributed by atoms with Crippen LogP contribution in [0.4, 0.5) is 5.69 Å². The fourth-order valence-electron chi connectivity index (χ4n) is 5.62. The number of aromatic nitrogens is 6. The standard InChI is InChI=1S/C30H27N7OS/c38-27(10-18-4-2-1-3-5-18)34-22-11-20(14-31-16-22)21-12-25-28(36-37-30(25)33-15-21)26-13-24-23(19-7-9-39-17-19)6-8-32-29(24)35-26/h6-9,11-18H,1-5,10H2,(H,32,35)(H,34,38)(H,33,36,37). The Morgan fingerprint density at radius 3 is 2.72 bits per heavy atom. The number of nitrogens with one attached hydrogen (secondary N) is 3. The van der Waals surface area contributed by atoms with E-state index in [9.17, 15) is 4.79 Å². The molecule has 0 atom stereocenters. The molecule has 8 nitrogen and oxygen atoms in total. The summed E-state index contributed by atoms with van der Waals surface area (Å²) in [7, 11) is 0. The molecule has 6 aromatic heterocycles. The van der Waals surface area contributed by atoms with Crippen molar-refractivity contribution < 1.29 is 4.79 Å². The zero-order chi connectivity index (χ0) is 26.2. The van der Waals surface area contributed by atoms with E-state index in [1.807, 2.05) is 18.3 Å². The topological polar surface area (TPSA) is 112 Å². The number of amides is 1. The minimum Gasteiger partial charge on any atom is -0.338 e. The highest BCUT2D eigenvalue weighted by Crippen LogP contribution is 2.35. The third-order valence-electron chi connectivity index (χ3n) is 7.59. The molecule has 0 bridgehead atoms. The van der Waals surface area contributed by atoms with E-state index < -0.39 is 0 Å². The van der Waals surface area contributed by atoms with Crippen LogP contribution in [0, 0.1) is 5.92 Å². The number of carbonyl (C=O) groups is 1. The zero-order valence-electron chi connectivity index (χ0n) is 21.3. The van der Waals surface area contributed by atoms with Crippen LogP contribution in [0.2, 0.25) is 0 Å². The maximum atomic E-state index is 12.7. The molecule has 39 heavy (non-hydrogen) atoms. The molecule has 1 saturated carbocycles. The third-order valence-corrected chi connectivity index (χ3v) is 8.27. The second-order valence-corrected chi connectivity index (χ2v) is 11.0. The number of aromatic amines is 2. The maximum absolute atomic E-state index is 12.7. The number of hydrogen-bond donors (Lipinski definition) is 3. The first-order valence-corrected chi connectivity index (χ1v) is 14.3. The highest BCUT2D eigenvalue weighted by molar-refractivity contribution is 7.08. The molecule has 1 fully saturated rings. The summed E-state index contributed by atoms with van der Waals surface area (Å²) in [5.74, 6) is 0.544. The largest absolute Gasteiger partial charge is 0.338 e. The van der Waals surface area contributed by atoms with Crippen molar-refractivity contribution in [2.24, 2.45) is 5.92 Å². The van der Waals surface area contributed by atoms with Crippen LogP contribution in [0.15, 0.2) is 65.9 Å². The summed E-state index contributed by atoms with van der Waals surface area (Å²) >= 11 is 1.68. The predicted molar refractivity (Wildman–Crippen MR) is 155 cm³/mol. The minimum absolute atomic E-state index is 0.0563. The van der Waals surface area contributed by atoms with Crippen LogP contribution in [0.25, 0.3) is 55.7 Å². The molecule has 0 radical (unpaired) electrons. The average molecular weight is 534 g/mol. The molecule has 0 aromatic carbocycles. The summed E-state index contributed by atoms with van der Waals surface area (Å²) in [5.41, 5.74) is 7.94. The number of rotatable bonds is 6. The van der Waals surface area contributed by atoms with Crippen molar-refractivity contribution in [2.45, 2.75) is 38.5 Å². The van der Waals surface area contributed by atoms with Crippen molar-refractivity contribution in [3.8, 4) is 33.6 Å². The zero-order valence-corrected chi connectivity index (χ0v) is 22.1. The van der Waals surface area contributed by atoms with Gasteiger partial charge in [0.2, 0.25) is 5.91 Å². The smallest absolute Gasteiger partial charge is 0.224 e. The van der Waals surface area contributed by atoms with E-state index in [0.717, 1.165) is 57.3 Å². The van der Waals surface area contributed by atoms with Crippen molar-refractivity contribution >= 4 is 45.0 Å². The summed E-state index contributed by atoms with van der Waals surface area (Å²) < 4.78 is 0. The quantitative estimate of drug-likeness (QED) is 0.210. The molecule has 3 N–H and O–H groups in total. The lowest BCUT2D eigenvalue weighted by Crippen LogP contribution is -2.18. The Kier molecular flexibility index (Phi) is 6.13. The van der Waals surface area contributed by atoms with Crippen LogP contribution < -0.4 is 5.32 Å². The van der Waals surface area contributed by atoms with Gasteiger partial charge in [-0.25, -0.2) is 9.97 Å². The summed E-state index contributed by atoms with van der Waals surface area (Å²) in [4.78, 5) is 29.7. The minimum atomic E-state index is 0.0563. The molecule has 1 aliphatic carbocycles. The van der Waals surface area contributed by atoms with Crippen molar-refractivity contribution in [1.29, 1.82) is 0 Å². The van der Waals surface area contributed by atoms with Gasteiger partial charge >= 0.3 is 0 Å². The van der Waals surface area contributed by atoms with Crippen molar-refractivity contribution in [2.75, 3.05) is 5.32 Å². The SMILES string of the molecule is O=C(CC1CCCCC1)Nc1cncc(-c2cnc3[nH]nc(-c4cc5c(-c6ccsc6)ccnc5[nH]4)c3c2)c1. The molecular formula is C30H27N7OS. The number of thiophene rings is 1. The predicted octanol–water partition coefficient (Wildman–Crippen LogP) is 7.20. The van der Waals surface area contributed by atoms with Gasteiger partial charge in [-0.15, -0.1) is 0 Å². The molecule has 194 valence electrons. The summed E-state index contributed by atoms with van der Waals surface area (Å²) in [6, 6.07) is 10.3. The van der Waals surface area contributed by atoms with Gasteiger partial charge in [0.15, 0.2) is 5.65 Å². The Morgan fingerprint density at radius 2 is 1.85 bits per heavy atom. The summed E-state index contributed by atoms with van der Waals surface area (Å²) in [6.07, 6.45) is 13.7. The van der Waals surface area contributed by atoms with Crippen LogP contribution in [-0.4, -0.2) is 36.0 Å². The van der Waals surface area contributed by atoms with Crippen LogP contribution in [0.5, 0.6) is 0 Å². The first kappa shape index (κ1) is 23.7. The van der Waals surface area contributed by atoms with E-state index in [0.29, 0.717) is 23.7 Å². The fraction of sp³-hybridized carbons (Fsp3) is 0.233. The highest BCUT2D eigenvalue weighted by atomic mass is 32.1. The molecule has 1 aliphatic rings. The van der Waals surface area contributed by atoms with Crippen LogP contribution in [0.1, 0.15) is 38.5 Å². The van der Waals surface area contributed by atoms with Gasteiger partial charge in [0.1, 0.15) is 11.3 Å². The molecule has 6 aromatic rings. The number of pyridine rings is 3. The van der Waals surface area contributed by atoms with Crippen LogP contribution in [0.3, 0.4) is 0 Å². The third kappa shape index (κ3) is 4.70. The van der Waals surface area contributed by atoms with Crippen molar-refractivity contribution in [3.63, 3.8) is 0 Å². The van der Waals surface area contributed by atoms with Gasteiger partial charge in [0, 0.05) is 46.9 Å². The number of hydrogen-bond acceptors (Lipinski definition) is 6. The Hall–Kier alpha value is -4.37. The lowest BCUT2D eigenvalue weighted by molar-refractivity contribution is -0.117. The van der Waals surface area contributed by atoms with Gasteiger partial charge in [-0.2, -0.15) is 16.4 Å². The van der Waals surface area contributed by atoms with E-state index in [1.54, 1.807) is 29.9 Å². The number of H-pyrrole nitrogens is 2. The average Bonchev–Trinajstić information content (AvgIpc) is 3.73. The van der Waals surface area contributed by atoms with Gasteiger partial charge in [-0.05, 0) is 71.0 Å². The number of nitrogens with zero attached hydrogens (tertiary/aromatic N) is 4. The van der Waals surface area contributed by atoms with Crippen molar-refractivity contribution in [3.05, 3.63) is 65.9 Å². The van der Waals surface area contributed by atoms with Crippen LogP contribution >= 0.6 is 11.3 Å². The monoisotopic (exact) mass is 533 g/mol. The first-order chi connectivity index (χ1) is 19.2. The van der Waals surface area contributed by atoms with Gasteiger partial charge in [-0.1, -0.05) is 19.3 Å². The molecule has 0 saturated heterocycles. The van der Waals surface area contributed by atoms with Crippen molar-refractivity contribution in [1.82, 2.24) is 30.1 Å². The first-order valence-electron chi connectivity index (χ1n) is 13.3. The molecule has 0 aliphatic heterocycles. The molecule has 1 amide bonds. The summed E-state index contributed by atoms with van der Waals surface area (Å²) in [5, 5.41) is 16.8. The van der Waals surface area contributed by atoms with Gasteiger partial charge in [0.25, 0.3) is 0 Å².